The lowest BCUT2D eigenvalue weighted by molar-refractivity contribution is -0.122. The molecule has 0 unspecified atom stereocenters. The average molecular weight is 263 g/mol. The number of hydrogen-bond donors (Lipinski definition) is 3. The monoisotopic (exact) mass is 263 g/mol. The number of nitrogens with two attached hydrogens (primary N) is 2. The van der Waals surface area contributed by atoms with Crippen molar-refractivity contribution >= 4 is 23.3 Å². The van der Waals surface area contributed by atoms with Crippen LogP contribution in [-0.2, 0) is 4.79 Å². The molecule has 102 valence electrons. The van der Waals surface area contributed by atoms with Gasteiger partial charge in [-0.05, 0) is 25.0 Å². The van der Waals surface area contributed by atoms with Crippen molar-refractivity contribution in [1.82, 2.24) is 0 Å². The minimum absolute atomic E-state index is 0.130. The summed E-state index contributed by atoms with van der Waals surface area (Å²) in [5.41, 5.74) is 12.3. The summed E-state index contributed by atoms with van der Waals surface area (Å²) in [7, 11) is 0. The molecule has 2 rings (SSSR count). The maximum atomic E-state index is 11.2. The summed E-state index contributed by atoms with van der Waals surface area (Å²) < 4.78 is 0. The molecule has 1 aliphatic heterocycles. The number of carbonyl (C=O) groups excluding carboxylic acids is 1. The molecule has 0 bridgehead atoms. The predicted molar refractivity (Wildman–Crippen MR) is 71.9 cm³/mol. The molecule has 0 spiro atoms. The van der Waals surface area contributed by atoms with Crippen LogP contribution in [0.5, 0.6) is 0 Å². The van der Waals surface area contributed by atoms with E-state index >= 15 is 0 Å². The molecular formula is C13H17N3O3. The van der Waals surface area contributed by atoms with Gasteiger partial charge in [0.1, 0.15) is 0 Å². The first-order chi connectivity index (χ1) is 9.00. The summed E-state index contributed by atoms with van der Waals surface area (Å²) in [4.78, 5) is 24.3. The van der Waals surface area contributed by atoms with E-state index in [4.69, 9.17) is 11.5 Å². The van der Waals surface area contributed by atoms with Crippen molar-refractivity contribution in [2.24, 2.45) is 11.7 Å². The number of piperidine rings is 1. The number of carboxylic acids is 1. The van der Waals surface area contributed by atoms with Gasteiger partial charge >= 0.3 is 5.97 Å². The fraction of sp³-hybridized carbons (Fsp3) is 0.385. The Labute approximate surface area is 111 Å². The minimum Gasteiger partial charge on any atom is -0.478 e. The first-order valence-electron chi connectivity index (χ1n) is 6.16. The number of amides is 1. The largest absolute Gasteiger partial charge is 0.478 e. The number of anilines is 2. The van der Waals surface area contributed by atoms with Gasteiger partial charge in [0.05, 0.1) is 16.9 Å². The van der Waals surface area contributed by atoms with Crippen molar-refractivity contribution < 1.29 is 14.7 Å². The molecule has 1 amide bonds. The summed E-state index contributed by atoms with van der Waals surface area (Å²) >= 11 is 0. The molecule has 0 aliphatic carbocycles. The van der Waals surface area contributed by atoms with Crippen LogP contribution in [0.15, 0.2) is 18.2 Å². The van der Waals surface area contributed by atoms with Gasteiger partial charge in [0.15, 0.2) is 0 Å². The van der Waals surface area contributed by atoms with Crippen LogP contribution in [0, 0.1) is 5.92 Å². The van der Waals surface area contributed by atoms with Crippen molar-refractivity contribution in [3.05, 3.63) is 23.8 Å². The average Bonchev–Trinajstić information content (AvgIpc) is 2.38. The fourth-order valence-electron chi connectivity index (χ4n) is 2.47. The van der Waals surface area contributed by atoms with E-state index in [1.165, 1.54) is 6.07 Å². The van der Waals surface area contributed by atoms with Gasteiger partial charge in [-0.25, -0.2) is 4.79 Å². The lowest BCUT2D eigenvalue weighted by Gasteiger charge is -2.33. The topological polar surface area (TPSA) is 110 Å². The Morgan fingerprint density at radius 1 is 1.26 bits per heavy atom. The van der Waals surface area contributed by atoms with Crippen molar-refractivity contribution in [2.75, 3.05) is 23.7 Å². The third-order valence-electron chi connectivity index (χ3n) is 3.51. The second-order valence-corrected chi connectivity index (χ2v) is 4.71. The van der Waals surface area contributed by atoms with E-state index in [0.717, 1.165) is 0 Å². The Hall–Kier alpha value is -2.24. The molecule has 1 heterocycles. The van der Waals surface area contributed by atoms with Crippen LogP contribution in [-0.4, -0.2) is 30.1 Å². The molecular weight excluding hydrogens is 246 g/mol. The number of benzene rings is 1. The Kier molecular flexibility index (Phi) is 3.59. The second kappa shape index (κ2) is 5.17. The van der Waals surface area contributed by atoms with Crippen LogP contribution in [0.25, 0.3) is 0 Å². The van der Waals surface area contributed by atoms with Gasteiger partial charge < -0.3 is 21.5 Å². The van der Waals surface area contributed by atoms with E-state index < -0.39 is 5.97 Å². The standard InChI is InChI=1S/C13H17N3O3/c14-10-3-1-2-9(13(18)19)11(10)16-6-4-8(5-7-16)12(15)17/h1-3,8H,4-7,14H2,(H2,15,17)(H,18,19). The predicted octanol–water partition coefficient (Wildman–Crippen LogP) is 0.669. The molecule has 1 aliphatic rings. The van der Waals surface area contributed by atoms with Crippen LogP contribution in [0.4, 0.5) is 11.4 Å². The molecule has 0 saturated carbocycles. The number of rotatable bonds is 3. The van der Waals surface area contributed by atoms with Crippen molar-refractivity contribution in [3.63, 3.8) is 0 Å². The smallest absolute Gasteiger partial charge is 0.337 e. The van der Waals surface area contributed by atoms with Crippen LogP contribution in [0.3, 0.4) is 0 Å². The number of hydrogen-bond acceptors (Lipinski definition) is 4. The highest BCUT2D eigenvalue weighted by atomic mass is 16.4. The van der Waals surface area contributed by atoms with Crippen molar-refractivity contribution in [1.29, 1.82) is 0 Å². The molecule has 0 aromatic heterocycles. The van der Waals surface area contributed by atoms with Crippen LogP contribution in [0.1, 0.15) is 23.2 Å². The van der Waals surface area contributed by atoms with Gasteiger partial charge in [-0.2, -0.15) is 0 Å². The van der Waals surface area contributed by atoms with Gasteiger partial charge in [0, 0.05) is 19.0 Å². The van der Waals surface area contributed by atoms with Gasteiger partial charge in [-0.1, -0.05) is 6.07 Å². The number of carbonyl (C=O) groups is 2. The molecule has 0 atom stereocenters. The summed E-state index contributed by atoms with van der Waals surface area (Å²) in [6, 6.07) is 4.84. The molecule has 6 heteroatoms. The normalized spacial score (nSPS) is 16.3. The Balaban J connectivity index is 2.24. The van der Waals surface area contributed by atoms with E-state index in [-0.39, 0.29) is 17.4 Å². The van der Waals surface area contributed by atoms with Crippen molar-refractivity contribution in [3.8, 4) is 0 Å². The Morgan fingerprint density at radius 2 is 1.89 bits per heavy atom. The number of para-hydroxylation sites is 1. The quantitative estimate of drug-likeness (QED) is 0.694. The highest BCUT2D eigenvalue weighted by Crippen LogP contribution is 2.31. The second-order valence-electron chi connectivity index (χ2n) is 4.71. The maximum Gasteiger partial charge on any atom is 0.337 e. The molecule has 1 fully saturated rings. The highest BCUT2D eigenvalue weighted by Gasteiger charge is 2.26. The number of aromatic carboxylic acids is 1. The number of nitrogen functional groups attached to an aromatic ring is 1. The summed E-state index contributed by atoms with van der Waals surface area (Å²) in [5.74, 6) is -1.42. The number of primary amides is 1. The third-order valence-corrected chi connectivity index (χ3v) is 3.51. The lowest BCUT2D eigenvalue weighted by atomic mass is 9.95. The highest BCUT2D eigenvalue weighted by molar-refractivity contribution is 5.98. The van der Waals surface area contributed by atoms with E-state index in [1.54, 1.807) is 12.1 Å². The van der Waals surface area contributed by atoms with Crippen LogP contribution < -0.4 is 16.4 Å². The molecule has 19 heavy (non-hydrogen) atoms. The molecule has 1 aromatic carbocycles. The summed E-state index contributed by atoms with van der Waals surface area (Å²) in [6.45, 7) is 1.17. The zero-order valence-corrected chi connectivity index (χ0v) is 10.5. The first-order valence-corrected chi connectivity index (χ1v) is 6.16. The molecule has 0 radical (unpaired) electrons. The number of nitrogens with zero attached hydrogens (tertiary/aromatic N) is 1. The van der Waals surface area contributed by atoms with E-state index in [0.29, 0.717) is 37.3 Å². The molecule has 6 nitrogen and oxygen atoms in total. The van der Waals surface area contributed by atoms with Crippen LogP contribution >= 0.6 is 0 Å². The Bertz CT molecular complexity index is 508. The van der Waals surface area contributed by atoms with Gasteiger partial charge in [0.25, 0.3) is 0 Å². The zero-order chi connectivity index (χ0) is 14.0. The SMILES string of the molecule is NC(=O)C1CCN(c2c(N)cccc2C(=O)O)CC1. The zero-order valence-electron chi connectivity index (χ0n) is 10.5. The molecule has 1 aromatic rings. The Morgan fingerprint density at radius 3 is 2.42 bits per heavy atom. The minimum atomic E-state index is -1.00. The molecule has 5 N–H and O–H groups in total. The summed E-state index contributed by atoms with van der Waals surface area (Å²) in [6.07, 6.45) is 1.26. The van der Waals surface area contributed by atoms with Gasteiger partial charge in [-0.3, -0.25) is 4.79 Å². The maximum absolute atomic E-state index is 11.2. The van der Waals surface area contributed by atoms with Gasteiger partial charge in [-0.15, -0.1) is 0 Å². The van der Waals surface area contributed by atoms with E-state index in [2.05, 4.69) is 0 Å². The van der Waals surface area contributed by atoms with Crippen LogP contribution in [0.2, 0.25) is 0 Å². The van der Waals surface area contributed by atoms with Gasteiger partial charge in [0.2, 0.25) is 5.91 Å². The van der Waals surface area contributed by atoms with E-state index in [1.807, 2.05) is 4.90 Å². The van der Waals surface area contributed by atoms with Crippen molar-refractivity contribution in [2.45, 2.75) is 12.8 Å². The lowest BCUT2D eigenvalue weighted by Crippen LogP contribution is -2.39. The fourth-order valence-corrected chi connectivity index (χ4v) is 2.47. The number of carboxylic acid groups (broad SMARTS) is 1. The third kappa shape index (κ3) is 2.62. The van der Waals surface area contributed by atoms with E-state index in [9.17, 15) is 14.7 Å². The molecule has 1 saturated heterocycles. The first kappa shape index (κ1) is 13.2. The summed E-state index contributed by atoms with van der Waals surface area (Å²) in [5, 5.41) is 9.20.